The van der Waals surface area contributed by atoms with Gasteiger partial charge in [0.15, 0.2) is 5.78 Å². The molecule has 7 rings (SSSR count). The first-order chi connectivity index (χ1) is 26.5. The lowest BCUT2D eigenvalue weighted by Gasteiger charge is -2.72. The standard InChI is InChI=1S/C48H69N3O6/c1-29(2)37-32(52)26-48(39-50-51-41(56-39)49-28-30-16-14-13-15-17-30)25-24-46(11)31(38(37)48)18-19-34-45(10)22-21-35(44(8,9)33(45)20-23-47(34,46)12)55-36(53)27-43(6,7)40(54)57-42(3,4)5/h13-17,29,31,33-35H,18-28H2,1-12H3,(H,49,51)/t31-,33+,34-,35+,45+,46-,47-,48-/m1/s1. The molecule has 9 heteroatoms. The van der Waals surface area contributed by atoms with Crippen molar-refractivity contribution in [1.29, 1.82) is 0 Å². The highest BCUT2D eigenvalue weighted by Gasteiger charge is 2.71. The Morgan fingerprint density at radius 3 is 2.25 bits per heavy atom. The predicted molar refractivity (Wildman–Crippen MR) is 221 cm³/mol. The number of ketones is 1. The highest BCUT2D eigenvalue weighted by Crippen LogP contribution is 2.76. The number of aromatic nitrogens is 2. The summed E-state index contributed by atoms with van der Waals surface area (Å²) in [7, 11) is 0. The minimum atomic E-state index is -0.976. The smallest absolute Gasteiger partial charge is 0.315 e. The number of fused-ring (bicyclic) bond motifs is 7. The monoisotopic (exact) mass is 784 g/mol. The number of hydrogen-bond donors (Lipinski definition) is 1. The van der Waals surface area contributed by atoms with E-state index in [0.717, 1.165) is 62.5 Å². The molecule has 4 saturated carbocycles. The van der Waals surface area contributed by atoms with Gasteiger partial charge in [-0.25, -0.2) is 0 Å². The van der Waals surface area contributed by atoms with Crippen LogP contribution in [0.2, 0.25) is 0 Å². The molecule has 1 heterocycles. The van der Waals surface area contributed by atoms with E-state index in [0.29, 0.717) is 36.7 Å². The van der Waals surface area contributed by atoms with Crippen LogP contribution in [-0.4, -0.2) is 39.6 Å². The van der Waals surface area contributed by atoms with E-state index in [1.54, 1.807) is 13.8 Å². The van der Waals surface area contributed by atoms with Gasteiger partial charge in [0, 0.05) is 18.4 Å². The number of ether oxygens (including phenoxy) is 2. The Bertz CT molecular complexity index is 1920. The molecule has 8 atom stereocenters. The summed E-state index contributed by atoms with van der Waals surface area (Å²) in [4.78, 5) is 40.7. The summed E-state index contributed by atoms with van der Waals surface area (Å²) in [6.07, 6.45) is 8.11. The maximum atomic E-state index is 14.2. The van der Waals surface area contributed by atoms with Crippen LogP contribution < -0.4 is 5.32 Å². The lowest BCUT2D eigenvalue weighted by atomic mass is 9.33. The first kappa shape index (κ1) is 41.7. The Morgan fingerprint density at radius 2 is 1.58 bits per heavy atom. The molecule has 2 aromatic rings. The van der Waals surface area contributed by atoms with E-state index in [9.17, 15) is 14.4 Å². The van der Waals surface area contributed by atoms with Crippen LogP contribution in [0.3, 0.4) is 0 Å². The molecule has 0 radical (unpaired) electrons. The van der Waals surface area contributed by atoms with Gasteiger partial charge in [-0.05, 0) is 143 Å². The molecule has 0 amide bonds. The van der Waals surface area contributed by atoms with E-state index in [1.807, 2.05) is 39.0 Å². The van der Waals surface area contributed by atoms with Gasteiger partial charge in [-0.2, -0.15) is 0 Å². The zero-order valence-corrected chi connectivity index (χ0v) is 36.9. The molecule has 9 nitrogen and oxygen atoms in total. The van der Waals surface area contributed by atoms with Gasteiger partial charge in [0.25, 0.3) is 0 Å². The molecular weight excluding hydrogens is 715 g/mol. The molecule has 1 N–H and O–H groups in total. The van der Waals surface area contributed by atoms with E-state index < -0.39 is 16.4 Å². The van der Waals surface area contributed by atoms with Crippen molar-refractivity contribution in [3.63, 3.8) is 0 Å². The van der Waals surface area contributed by atoms with Gasteiger partial charge >= 0.3 is 18.0 Å². The highest BCUT2D eigenvalue weighted by atomic mass is 16.6. The predicted octanol–water partition coefficient (Wildman–Crippen LogP) is 10.6. The number of nitrogens with one attached hydrogen (secondary N) is 1. The van der Waals surface area contributed by atoms with Crippen molar-refractivity contribution in [3.05, 3.63) is 52.9 Å². The number of Topliss-reactive ketones (excluding diaryl/α,β-unsaturated/α-hetero) is 1. The minimum absolute atomic E-state index is 0.00974. The van der Waals surface area contributed by atoms with Gasteiger partial charge in [0.05, 0.1) is 17.3 Å². The Labute approximate surface area is 341 Å². The van der Waals surface area contributed by atoms with Crippen LogP contribution in [0.1, 0.15) is 159 Å². The van der Waals surface area contributed by atoms with Crippen LogP contribution in [0.15, 0.2) is 45.9 Å². The van der Waals surface area contributed by atoms with Crippen LogP contribution in [0.25, 0.3) is 0 Å². The number of hydrogen-bond acceptors (Lipinski definition) is 9. The highest BCUT2D eigenvalue weighted by molar-refractivity contribution is 6.01. The minimum Gasteiger partial charge on any atom is -0.462 e. The molecule has 5 aliphatic carbocycles. The van der Waals surface area contributed by atoms with E-state index in [1.165, 1.54) is 5.57 Å². The first-order valence-electron chi connectivity index (χ1n) is 21.8. The van der Waals surface area contributed by atoms with Crippen molar-refractivity contribution in [2.45, 2.75) is 171 Å². The number of carbonyl (C=O) groups excluding carboxylic acids is 3. The van der Waals surface area contributed by atoms with Gasteiger partial charge in [-0.1, -0.05) is 83.9 Å². The molecule has 312 valence electrons. The number of carbonyl (C=O) groups is 3. The summed E-state index contributed by atoms with van der Waals surface area (Å²) < 4.78 is 18.5. The van der Waals surface area contributed by atoms with Crippen molar-refractivity contribution in [3.8, 4) is 0 Å². The fraction of sp³-hybridized carbons (Fsp3) is 0.729. The molecule has 4 fully saturated rings. The Balaban J connectivity index is 1.13. The molecule has 1 aromatic carbocycles. The molecule has 0 spiro atoms. The van der Waals surface area contributed by atoms with Gasteiger partial charge < -0.3 is 19.2 Å². The largest absolute Gasteiger partial charge is 0.462 e. The summed E-state index contributed by atoms with van der Waals surface area (Å²) >= 11 is 0. The number of anilines is 1. The lowest BCUT2D eigenvalue weighted by Crippen LogP contribution is -2.66. The summed E-state index contributed by atoms with van der Waals surface area (Å²) in [5, 5.41) is 12.5. The molecule has 0 unspecified atom stereocenters. The molecule has 0 aliphatic heterocycles. The van der Waals surface area contributed by atoms with Crippen molar-refractivity contribution >= 4 is 23.7 Å². The molecule has 5 aliphatic rings. The number of nitrogens with zero attached hydrogens (tertiary/aromatic N) is 2. The summed E-state index contributed by atoms with van der Waals surface area (Å²) in [5.74, 6) is 1.37. The second kappa shape index (κ2) is 14.1. The van der Waals surface area contributed by atoms with Crippen LogP contribution in [0, 0.1) is 50.7 Å². The van der Waals surface area contributed by atoms with E-state index in [-0.39, 0.29) is 63.7 Å². The second-order valence-corrected chi connectivity index (χ2v) is 21.9. The third kappa shape index (κ3) is 6.79. The Hall–Kier alpha value is -3.49. The maximum absolute atomic E-state index is 14.2. The first-order valence-corrected chi connectivity index (χ1v) is 21.8. The summed E-state index contributed by atoms with van der Waals surface area (Å²) in [5.41, 5.74) is 1.16. The van der Waals surface area contributed by atoms with Gasteiger partial charge in [0.2, 0.25) is 5.89 Å². The van der Waals surface area contributed by atoms with Crippen molar-refractivity contribution < 1.29 is 28.3 Å². The fourth-order valence-electron chi connectivity index (χ4n) is 13.4. The molecular formula is C48H69N3O6. The van der Waals surface area contributed by atoms with Gasteiger partial charge in [-0.15, -0.1) is 5.10 Å². The number of esters is 2. The number of rotatable bonds is 9. The topological polar surface area (TPSA) is 121 Å². The van der Waals surface area contributed by atoms with Crippen LogP contribution in [0.5, 0.6) is 0 Å². The Morgan fingerprint density at radius 1 is 0.877 bits per heavy atom. The molecule has 0 bridgehead atoms. The second-order valence-electron chi connectivity index (χ2n) is 21.9. The number of allylic oxidation sites excluding steroid dienone is 2. The van der Waals surface area contributed by atoms with Crippen LogP contribution >= 0.6 is 0 Å². The van der Waals surface area contributed by atoms with Crippen molar-refractivity contribution in [2.75, 3.05) is 5.32 Å². The van der Waals surface area contributed by atoms with Crippen LogP contribution in [0.4, 0.5) is 6.01 Å². The average Bonchev–Trinajstić information content (AvgIpc) is 3.71. The Kier molecular flexibility index (Phi) is 10.3. The zero-order valence-electron chi connectivity index (χ0n) is 36.9. The van der Waals surface area contributed by atoms with Crippen LogP contribution in [-0.2, 0) is 35.8 Å². The summed E-state index contributed by atoms with van der Waals surface area (Å²) in [6.45, 7) is 26.3. The van der Waals surface area contributed by atoms with Gasteiger partial charge in [-0.3, -0.25) is 14.4 Å². The van der Waals surface area contributed by atoms with Crippen molar-refractivity contribution in [2.24, 2.45) is 50.7 Å². The molecule has 57 heavy (non-hydrogen) atoms. The summed E-state index contributed by atoms with van der Waals surface area (Å²) in [6, 6.07) is 10.6. The van der Waals surface area contributed by atoms with Gasteiger partial charge in [0.1, 0.15) is 11.7 Å². The van der Waals surface area contributed by atoms with Crippen molar-refractivity contribution in [1.82, 2.24) is 10.2 Å². The molecule has 0 saturated heterocycles. The molecule has 1 aromatic heterocycles. The fourth-order valence-corrected chi connectivity index (χ4v) is 13.4. The maximum Gasteiger partial charge on any atom is 0.315 e. The third-order valence-electron chi connectivity index (χ3n) is 16.3. The SMILES string of the molecule is CC(C)C1=C2[C@H]3CC[C@@H]4[C@@]5(C)CC[C@H](OC(=O)CC(C)(C)C(=O)OC(C)(C)C)C(C)(C)[C@@H]5CC[C@@]4(C)[C@]3(C)CC[C@@]2(c2nnc(NCc3ccccc3)o2)CC1=O. The normalized spacial score (nSPS) is 34.9. The zero-order chi connectivity index (χ0) is 41.6. The lowest BCUT2D eigenvalue weighted by molar-refractivity contribution is -0.232. The number of benzene rings is 1. The third-order valence-corrected chi connectivity index (χ3v) is 16.3. The van der Waals surface area contributed by atoms with E-state index in [2.05, 4.69) is 71.0 Å². The van der Waals surface area contributed by atoms with E-state index >= 15 is 0 Å². The van der Waals surface area contributed by atoms with E-state index in [4.69, 9.17) is 19.0 Å². The average molecular weight is 784 g/mol. The quantitative estimate of drug-likeness (QED) is 0.248.